The molecule has 0 aliphatic rings. The van der Waals surface area contributed by atoms with Crippen molar-refractivity contribution in [2.75, 3.05) is 20.6 Å². The molecule has 1 rings (SSSR count). The van der Waals surface area contributed by atoms with Gasteiger partial charge in [-0.15, -0.1) is 0 Å². The summed E-state index contributed by atoms with van der Waals surface area (Å²) < 4.78 is 5.05. The second kappa shape index (κ2) is 6.36. The first-order valence-corrected chi connectivity index (χ1v) is 5.60. The smallest absolute Gasteiger partial charge is 0.404 e. The number of hydrogen-bond acceptors (Lipinski definition) is 5. The van der Waals surface area contributed by atoms with E-state index in [1.807, 2.05) is 14.1 Å². The van der Waals surface area contributed by atoms with Crippen LogP contribution in [0, 0.1) is 10.1 Å². The van der Waals surface area contributed by atoms with Gasteiger partial charge in [0.05, 0.1) is 12.6 Å². The van der Waals surface area contributed by atoms with E-state index in [4.69, 9.17) is 4.42 Å². The summed E-state index contributed by atoms with van der Waals surface area (Å²) in [6.45, 7) is 3.61. The zero-order valence-electron chi connectivity index (χ0n) is 10.5. The molecule has 0 aromatic carbocycles. The van der Waals surface area contributed by atoms with Crippen molar-refractivity contribution in [1.82, 2.24) is 10.2 Å². The minimum absolute atomic E-state index is 0.206. The number of furan rings is 1. The quantitative estimate of drug-likeness (QED) is 0.580. The topological polar surface area (TPSA) is 71.5 Å². The molecule has 0 fully saturated rings. The van der Waals surface area contributed by atoms with Gasteiger partial charge in [0.2, 0.25) is 0 Å². The molecule has 0 bridgehead atoms. The van der Waals surface area contributed by atoms with Crippen molar-refractivity contribution in [1.29, 1.82) is 0 Å². The summed E-state index contributed by atoms with van der Waals surface area (Å²) in [6, 6.07) is 3.35. The molecule has 1 atom stereocenters. The normalized spacial score (nSPS) is 12.9. The number of nitro groups is 1. The van der Waals surface area contributed by atoms with Crippen LogP contribution in [-0.4, -0.2) is 36.5 Å². The number of nitrogens with zero attached hydrogens (tertiary/aromatic N) is 2. The van der Waals surface area contributed by atoms with E-state index < -0.39 is 4.92 Å². The van der Waals surface area contributed by atoms with Crippen molar-refractivity contribution in [3.05, 3.63) is 28.0 Å². The molecule has 96 valence electrons. The van der Waals surface area contributed by atoms with Crippen LogP contribution >= 0.6 is 0 Å². The van der Waals surface area contributed by atoms with Crippen LogP contribution in [0.3, 0.4) is 0 Å². The zero-order chi connectivity index (χ0) is 12.8. The van der Waals surface area contributed by atoms with Crippen LogP contribution in [0.4, 0.5) is 5.88 Å². The fourth-order valence-corrected chi connectivity index (χ4v) is 1.39. The molecule has 17 heavy (non-hydrogen) atoms. The summed E-state index contributed by atoms with van der Waals surface area (Å²) in [4.78, 5) is 12.0. The maximum absolute atomic E-state index is 10.4. The summed E-state index contributed by atoms with van der Waals surface area (Å²) >= 11 is 0. The molecular formula is C11H19N3O3. The first kappa shape index (κ1) is 13.7. The second-order valence-electron chi connectivity index (χ2n) is 4.37. The number of rotatable bonds is 7. The summed E-state index contributed by atoms with van der Waals surface area (Å²) in [7, 11) is 4.06. The highest BCUT2D eigenvalue weighted by molar-refractivity contribution is 5.17. The lowest BCUT2D eigenvalue weighted by Gasteiger charge is -2.15. The predicted octanol–water partition coefficient (Wildman–Crippen LogP) is 1.62. The maximum Gasteiger partial charge on any atom is 0.433 e. The standard InChI is InChI=1S/C11H19N3O3/c1-9(6-7-13(2)3)12-8-10-4-5-11(17-10)14(15)16/h4-5,9,12H,6-8H2,1-3H3. The lowest BCUT2D eigenvalue weighted by atomic mass is 10.2. The van der Waals surface area contributed by atoms with E-state index in [9.17, 15) is 10.1 Å². The van der Waals surface area contributed by atoms with Gasteiger partial charge in [0, 0.05) is 6.04 Å². The van der Waals surface area contributed by atoms with Gasteiger partial charge in [-0.2, -0.15) is 0 Å². The Morgan fingerprint density at radius 2 is 2.24 bits per heavy atom. The number of hydrogen-bond donors (Lipinski definition) is 1. The van der Waals surface area contributed by atoms with Crippen molar-refractivity contribution in [3.8, 4) is 0 Å². The summed E-state index contributed by atoms with van der Waals surface area (Å²) in [5.41, 5.74) is 0. The van der Waals surface area contributed by atoms with Crippen LogP contribution in [0.15, 0.2) is 16.5 Å². The van der Waals surface area contributed by atoms with Gasteiger partial charge in [0.15, 0.2) is 0 Å². The molecule has 6 nitrogen and oxygen atoms in total. The molecule has 0 amide bonds. The van der Waals surface area contributed by atoms with Gasteiger partial charge < -0.3 is 14.6 Å². The van der Waals surface area contributed by atoms with Crippen LogP contribution in [-0.2, 0) is 6.54 Å². The Hall–Kier alpha value is -1.40. The lowest BCUT2D eigenvalue weighted by molar-refractivity contribution is -0.402. The van der Waals surface area contributed by atoms with E-state index in [0.29, 0.717) is 18.3 Å². The molecule has 6 heteroatoms. The third-order valence-electron chi connectivity index (χ3n) is 2.46. The monoisotopic (exact) mass is 241 g/mol. The fraction of sp³-hybridized carbons (Fsp3) is 0.636. The van der Waals surface area contributed by atoms with E-state index in [1.54, 1.807) is 6.07 Å². The molecule has 1 unspecified atom stereocenters. The van der Waals surface area contributed by atoms with Crippen molar-refractivity contribution < 1.29 is 9.34 Å². The molecule has 0 saturated carbocycles. The Morgan fingerprint density at radius 1 is 1.53 bits per heavy atom. The zero-order valence-corrected chi connectivity index (χ0v) is 10.5. The van der Waals surface area contributed by atoms with Crippen LogP contribution in [0.25, 0.3) is 0 Å². The number of nitrogens with one attached hydrogen (secondary N) is 1. The van der Waals surface area contributed by atoms with Gasteiger partial charge in [-0.1, -0.05) is 0 Å². The Morgan fingerprint density at radius 3 is 2.76 bits per heavy atom. The Balaban J connectivity index is 2.31. The second-order valence-corrected chi connectivity index (χ2v) is 4.37. The summed E-state index contributed by atoms with van der Waals surface area (Å²) in [5, 5.41) is 13.7. The average Bonchev–Trinajstić information content (AvgIpc) is 2.72. The molecule has 0 radical (unpaired) electrons. The summed E-state index contributed by atoms with van der Waals surface area (Å²) in [5.74, 6) is 0.385. The predicted molar refractivity (Wildman–Crippen MR) is 64.8 cm³/mol. The van der Waals surface area contributed by atoms with E-state index in [0.717, 1.165) is 13.0 Å². The van der Waals surface area contributed by atoms with Gasteiger partial charge in [-0.05, 0) is 40.1 Å². The fourth-order valence-electron chi connectivity index (χ4n) is 1.39. The first-order chi connectivity index (χ1) is 7.99. The van der Waals surface area contributed by atoms with Crippen molar-refractivity contribution in [2.45, 2.75) is 25.9 Å². The van der Waals surface area contributed by atoms with E-state index >= 15 is 0 Å². The highest BCUT2D eigenvalue weighted by atomic mass is 16.6. The molecule has 1 aromatic heterocycles. The summed E-state index contributed by atoms with van der Waals surface area (Å²) in [6.07, 6.45) is 1.02. The molecule has 1 heterocycles. The molecule has 0 saturated heterocycles. The minimum Gasteiger partial charge on any atom is -0.404 e. The maximum atomic E-state index is 10.4. The van der Waals surface area contributed by atoms with E-state index in [-0.39, 0.29) is 5.88 Å². The van der Waals surface area contributed by atoms with Crippen LogP contribution in [0.5, 0.6) is 0 Å². The van der Waals surface area contributed by atoms with Crippen molar-refractivity contribution in [2.24, 2.45) is 0 Å². The largest absolute Gasteiger partial charge is 0.433 e. The van der Waals surface area contributed by atoms with Crippen molar-refractivity contribution >= 4 is 5.88 Å². The van der Waals surface area contributed by atoms with Crippen LogP contribution in [0.2, 0.25) is 0 Å². The minimum atomic E-state index is -0.529. The lowest BCUT2D eigenvalue weighted by Crippen LogP contribution is -2.29. The molecular weight excluding hydrogens is 222 g/mol. The average molecular weight is 241 g/mol. The van der Waals surface area contributed by atoms with E-state index in [2.05, 4.69) is 17.1 Å². The Kier molecular flexibility index (Phi) is 5.11. The molecule has 0 aliphatic heterocycles. The third-order valence-corrected chi connectivity index (χ3v) is 2.46. The Bertz CT molecular complexity index is 363. The van der Waals surface area contributed by atoms with Gasteiger partial charge in [0.25, 0.3) is 0 Å². The molecule has 0 aliphatic carbocycles. The highest BCUT2D eigenvalue weighted by Crippen LogP contribution is 2.15. The highest BCUT2D eigenvalue weighted by Gasteiger charge is 2.12. The van der Waals surface area contributed by atoms with E-state index in [1.165, 1.54) is 6.07 Å². The van der Waals surface area contributed by atoms with Gasteiger partial charge >= 0.3 is 5.88 Å². The first-order valence-electron chi connectivity index (χ1n) is 5.60. The molecule has 1 aromatic rings. The van der Waals surface area contributed by atoms with Gasteiger partial charge in [-0.3, -0.25) is 10.1 Å². The molecule has 1 N–H and O–H groups in total. The van der Waals surface area contributed by atoms with Crippen molar-refractivity contribution in [3.63, 3.8) is 0 Å². The van der Waals surface area contributed by atoms with Crippen LogP contribution in [0.1, 0.15) is 19.1 Å². The third kappa shape index (κ3) is 4.97. The molecule has 0 spiro atoms. The van der Waals surface area contributed by atoms with Crippen LogP contribution < -0.4 is 5.32 Å². The Labute approximate surface area is 101 Å². The SMILES string of the molecule is CC(CCN(C)C)NCc1ccc([N+](=O)[O-])o1. The van der Waals surface area contributed by atoms with Gasteiger partial charge in [0.1, 0.15) is 10.7 Å². The van der Waals surface area contributed by atoms with Gasteiger partial charge in [-0.25, -0.2) is 0 Å².